The molecule has 0 spiro atoms. The molecular formula is C11H12FNO3. The first-order valence-corrected chi connectivity index (χ1v) is 4.67. The van der Waals surface area contributed by atoms with Crippen molar-refractivity contribution in [2.24, 2.45) is 0 Å². The Labute approximate surface area is 92.8 Å². The summed E-state index contributed by atoms with van der Waals surface area (Å²) < 4.78 is 23.0. The van der Waals surface area contributed by atoms with E-state index in [1.165, 1.54) is 19.2 Å². The Morgan fingerprint density at radius 3 is 2.81 bits per heavy atom. The molecule has 0 aliphatic rings. The Morgan fingerprint density at radius 2 is 2.25 bits per heavy atom. The molecule has 86 valence electrons. The maximum Gasteiger partial charge on any atom is 0.144 e. The molecule has 4 nitrogen and oxygen atoms in total. The average Bonchev–Trinajstić information content (AvgIpc) is 2.27. The fourth-order valence-electron chi connectivity index (χ4n) is 1.11. The van der Waals surface area contributed by atoms with E-state index < -0.39 is 11.9 Å². The maximum absolute atomic E-state index is 13.1. The molecule has 0 saturated carbocycles. The van der Waals surface area contributed by atoms with E-state index in [1.807, 2.05) is 0 Å². The summed E-state index contributed by atoms with van der Waals surface area (Å²) in [5.74, 6) is -0.368. The number of aliphatic hydroxyl groups is 1. The van der Waals surface area contributed by atoms with Crippen molar-refractivity contribution in [1.29, 1.82) is 5.26 Å². The number of hydrogen-bond donors (Lipinski definition) is 1. The molecule has 0 bridgehead atoms. The molecule has 0 heterocycles. The third-order valence-corrected chi connectivity index (χ3v) is 1.86. The van der Waals surface area contributed by atoms with Gasteiger partial charge in [0.05, 0.1) is 12.2 Å². The Bertz CT molecular complexity index is 389. The number of nitriles is 1. The lowest BCUT2D eigenvalue weighted by Gasteiger charge is -2.11. The van der Waals surface area contributed by atoms with Crippen LogP contribution in [0.5, 0.6) is 5.75 Å². The van der Waals surface area contributed by atoms with Gasteiger partial charge in [-0.2, -0.15) is 5.26 Å². The zero-order valence-electron chi connectivity index (χ0n) is 8.81. The zero-order valence-corrected chi connectivity index (χ0v) is 8.81. The number of aliphatic hydroxyl groups excluding tert-OH is 1. The summed E-state index contributed by atoms with van der Waals surface area (Å²) >= 11 is 0. The average molecular weight is 225 g/mol. The van der Waals surface area contributed by atoms with Gasteiger partial charge in [0.1, 0.15) is 30.3 Å². The molecule has 16 heavy (non-hydrogen) atoms. The van der Waals surface area contributed by atoms with E-state index in [4.69, 9.17) is 14.7 Å². The molecule has 1 unspecified atom stereocenters. The third-order valence-electron chi connectivity index (χ3n) is 1.86. The van der Waals surface area contributed by atoms with Gasteiger partial charge >= 0.3 is 0 Å². The van der Waals surface area contributed by atoms with Gasteiger partial charge in [0.15, 0.2) is 0 Å². The van der Waals surface area contributed by atoms with Gasteiger partial charge in [0, 0.05) is 13.2 Å². The molecule has 1 aromatic carbocycles. The molecule has 0 saturated heterocycles. The summed E-state index contributed by atoms with van der Waals surface area (Å²) in [5.41, 5.74) is -0.0372. The SMILES string of the molecule is COCC(O)COc1ccc(C#N)c(F)c1. The summed E-state index contributed by atoms with van der Waals surface area (Å²) in [7, 11) is 1.46. The molecule has 0 radical (unpaired) electrons. The predicted molar refractivity (Wildman–Crippen MR) is 54.5 cm³/mol. The smallest absolute Gasteiger partial charge is 0.144 e. The fraction of sp³-hybridized carbons (Fsp3) is 0.364. The number of hydrogen-bond acceptors (Lipinski definition) is 4. The molecule has 0 aliphatic carbocycles. The summed E-state index contributed by atoms with van der Waals surface area (Å²) in [4.78, 5) is 0. The van der Waals surface area contributed by atoms with Gasteiger partial charge in [-0.05, 0) is 12.1 Å². The van der Waals surface area contributed by atoms with Crippen LogP contribution in [0.15, 0.2) is 18.2 Å². The van der Waals surface area contributed by atoms with Gasteiger partial charge in [-0.15, -0.1) is 0 Å². The predicted octanol–water partition coefficient (Wildman–Crippen LogP) is 1.08. The van der Waals surface area contributed by atoms with Crippen LogP contribution < -0.4 is 4.74 Å². The maximum atomic E-state index is 13.1. The van der Waals surface area contributed by atoms with Crippen molar-refractivity contribution in [2.45, 2.75) is 6.10 Å². The minimum Gasteiger partial charge on any atom is -0.491 e. The van der Waals surface area contributed by atoms with Crippen molar-refractivity contribution in [2.75, 3.05) is 20.3 Å². The minimum absolute atomic E-state index is 0.0131. The molecule has 0 aromatic heterocycles. The van der Waals surface area contributed by atoms with Crippen molar-refractivity contribution in [3.05, 3.63) is 29.6 Å². The van der Waals surface area contributed by atoms with E-state index in [1.54, 1.807) is 6.07 Å². The lowest BCUT2D eigenvalue weighted by atomic mass is 10.2. The molecular weight excluding hydrogens is 213 g/mol. The van der Waals surface area contributed by atoms with Gasteiger partial charge in [0.25, 0.3) is 0 Å². The highest BCUT2D eigenvalue weighted by atomic mass is 19.1. The highest BCUT2D eigenvalue weighted by Crippen LogP contribution is 2.16. The fourth-order valence-corrected chi connectivity index (χ4v) is 1.11. The van der Waals surface area contributed by atoms with Crippen molar-refractivity contribution in [3.63, 3.8) is 0 Å². The standard InChI is InChI=1S/C11H12FNO3/c1-15-6-9(14)7-16-10-3-2-8(5-13)11(12)4-10/h2-4,9,14H,6-7H2,1H3. The zero-order chi connectivity index (χ0) is 12.0. The van der Waals surface area contributed by atoms with Crippen LogP contribution in [-0.2, 0) is 4.74 Å². The Balaban J connectivity index is 2.56. The van der Waals surface area contributed by atoms with Crippen LogP contribution in [0, 0.1) is 17.1 Å². The van der Waals surface area contributed by atoms with E-state index in [-0.39, 0.29) is 24.5 Å². The van der Waals surface area contributed by atoms with E-state index in [2.05, 4.69) is 0 Å². The van der Waals surface area contributed by atoms with Crippen molar-refractivity contribution in [1.82, 2.24) is 0 Å². The van der Waals surface area contributed by atoms with Crippen LogP contribution in [0.25, 0.3) is 0 Å². The third kappa shape index (κ3) is 3.50. The van der Waals surface area contributed by atoms with E-state index in [0.29, 0.717) is 0 Å². The Hall–Kier alpha value is -1.64. The quantitative estimate of drug-likeness (QED) is 0.814. The van der Waals surface area contributed by atoms with Gasteiger partial charge in [-0.25, -0.2) is 4.39 Å². The van der Waals surface area contributed by atoms with Crippen LogP contribution in [0.2, 0.25) is 0 Å². The lowest BCUT2D eigenvalue weighted by Crippen LogP contribution is -2.22. The molecule has 1 N–H and O–H groups in total. The topological polar surface area (TPSA) is 62.5 Å². The van der Waals surface area contributed by atoms with Gasteiger partial charge < -0.3 is 14.6 Å². The molecule has 1 atom stereocenters. The highest BCUT2D eigenvalue weighted by Gasteiger charge is 2.07. The Kier molecular flexibility index (Phi) is 4.70. The molecule has 1 rings (SSSR count). The minimum atomic E-state index is -0.760. The lowest BCUT2D eigenvalue weighted by molar-refractivity contribution is 0.0325. The normalized spacial score (nSPS) is 11.9. The number of rotatable bonds is 5. The highest BCUT2D eigenvalue weighted by molar-refractivity contribution is 5.36. The summed E-state index contributed by atoms with van der Waals surface area (Å²) in [5, 5.41) is 17.8. The second-order valence-electron chi connectivity index (χ2n) is 3.17. The molecule has 1 aromatic rings. The van der Waals surface area contributed by atoms with Crippen molar-refractivity contribution < 1.29 is 19.0 Å². The molecule has 5 heteroatoms. The van der Waals surface area contributed by atoms with Crippen LogP contribution in [0.4, 0.5) is 4.39 Å². The number of nitrogens with zero attached hydrogens (tertiary/aromatic N) is 1. The van der Waals surface area contributed by atoms with Gasteiger partial charge in [0.2, 0.25) is 0 Å². The van der Waals surface area contributed by atoms with E-state index in [9.17, 15) is 9.50 Å². The summed E-state index contributed by atoms with van der Waals surface area (Å²) in [6.07, 6.45) is -0.760. The largest absolute Gasteiger partial charge is 0.491 e. The van der Waals surface area contributed by atoms with Gasteiger partial charge in [-0.1, -0.05) is 0 Å². The van der Waals surface area contributed by atoms with E-state index in [0.717, 1.165) is 6.07 Å². The van der Waals surface area contributed by atoms with Crippen LogP contribution in [-0.4, -0.2) is 31.5 Å². The number of benzene rings is 1. The van der Waals surface area contributed by atoms with E-state index >= 15 is 0 Å². The second-order valence-corrected chi connectivity index (χ2v) is 3.17. The van der Waals surface area contributed by atoms with Crippen LogP contribution in [0.3, 0.4) is 0 Å². The molecule has 0 fully saturated rings. The monoisotopic (exact) mass is 225 g/mol. The first-order chi connectivity index (χ1) is 7.67. The number of ether oxygens (including phenoxy) is 2. The Morgan fingerprint density at radius 1 is 1.50 bits per heavy atom. The van der Waals surface area contributed by atoms with Crippen molar-refractivity contribution >= 4 is 0 Å². The molecule has 0 amide bonds. The summed E-state index contributed by atoms with van der Waals surface area (Å²) in [6.45, 7) is 0.165. The van der Waals surface area contributed by atoms with Crippen LogP contribution in [0.1, 0.15) is 5.56 Å². The first-order valence-electron chi connectivity index (χ1n) is 4.67. The molecule has 0 aliphatic heterocycles. The van der Waals surface area contributed by atoms with Gasteiger partial charge in [-0.3, -0.25) is 0 Å². The van der Waals surface area contributed by atoms with Crippen molar-refractivity contribution in [3.8, 4) is 11.8 Å². The first kappa shape index (κ1) is 12.4. The number of halogens is 1. The summed E-state index contributed by atoms with van der Waals surface area (Å²) in [6, 6.07) is 5.62. The number of methoxy groups -OCH3 is 1. The van der Waals surface area contributed by atoms with Crippen LogP contribution >= 0.6 is 0 Å². The second kappa shape index (κ2) is 6.05.